The van der Waals surface area contributed by atoms with Gasteiger partial charge in [-0.25, -0.2) is 9.18 Å². The summed E-state index contributed by atoms with van der Waals surface area (Å²) in [5, 5.41) is 5.61. The molecular formula is C12H14BrFN2O. The van der Waals surface area contributed by atoms with Crippen LogP contribution in [-0.2, 0) is 0 Å². The molecule has 0 saturated heterocycles. The minimum atomic E-state index is -0.335. The number of anilines is 1. The molecule has 1 aromatic rings. The van der Waals surface area contributed by atoms with Crippen LogP contribution >= 0.6 is 15.9 Å². The minimum Gasteiger partial charge on any atom is -0.335 e. The van der Waals surface area contributed by atoms with Gasteiger partial charge in [0, 0.05) is 10.5 Å². The van der Waals surface area contributed by atoms with E-state index in [0.29, 0.717) is 10.2 Å². The highest BCUT2D eigenvalue weighted by Crippen LogP contribution is 2.23. The second kappa shape index (κ2) is 5.49. The van der Waals surface area contributed by atoms with E-state index in [1.165, 1.54) is 31.0 Å². The fourth-order valence-corrected chi connectivity index (χ4v) is 2.45. The number of hydrogen-bond acceptors (Lipinski definition) is 1. The summed E-state index contributed by atoms with van der Waals surface area (Å²) < 4.78 is 13.4. The number of carbonyl (C=O) groups is 1. The van der Waals surface area contributed by atoms with Crippen molar-refractivity contribution in [2.45, 2.75) is 31.7 Å². The lowest BCUT2D eigenvalue weighted by Crippen LogP contribution is -2.36. The molecule has 0 unspecified atom stereocenters. The Bertz CT molecular complexity index is 419. The summed E-state index contributed by atoms with van der Waals surface area (Å²) in [5.41, 5.74) is 0.571. The van der Waals surface area contributed by atoms with Crippen molar-refractivity contribution in [2.24, 2.45) is 0 Å². The normalized spacial score (nSPS) is 15.9. The maximum Gasteiger partial charge on any atom is 0.319 e. The minimum absolute atomic E-state index is 0.232. The zero-order valence-electron chi connectivity index (χ0n) is 9.30. The molecule has 3 nitrogen and oxygen atoms in total. The van der Waals surface area contributed by atoms with Crippen molar-refractivity contribution < 1.29 is 9.18 Å². The number of carbonyl (C=O) groups excluding carboxylic acids is 1. The molecule has 1 aliphatic rings. The first-order valence-corrected chi connectivity index (χ1v) is 6.47. The molecule has 17 heavy (non-hydrogen) atoms. The van der Waals surface area contributed by atoms with Gasteiger partial charge in [-0.15, -0.1) is 0 Å². The van der Waals surface area contributed by atoms with E-state index in [4.69, 9.17) is 0 Å². The van der Waals surface area contributed by atoms with E-state index >= 15 is 0 Å². The van der Waals surface area contributed by atoms with Gasteiger partial charge in [-0.05, 0) is 47.0 Å². The van der Waals surface area contributed by atoms with Gasteiger partial charge in [0.05, 0.1) is 5.69 Å². The highest BCUT2D eigenvalue weighted by atomic mass is 79.9. The highest BCUT2D eigenvalue weighted by molar-refractivity contribution is 9.10. The van der Waals surface area contributed by atoms with Crippen LogP contribution in [0, 0.1) is 5.82 Å². The van der Waals surface area contributed by atoms with Gasteiger partial charge < -0.3 is 10.6 Å². The highest BCUT2D eigenvalue weighted by Gasteiger charge is 2.17. The van der Waals surface area contributed by atoms with Gasteiger partial charge >= 0.3 is 6.03 Å². The molecule has 0 heterocycles. The lowest BCUT2D eigenvalue weighted by Gasteiger charge is -2.13. The Balaban J connectivity index is 1.93. The van der Waals surface area contributed by atoms with Crippen LogP contribution in [0.2, 0.25) is 0 Å². The summed E-state index contributed by atoms with van der Waals surface area (Å²) in [4.78, 5) is 11.7. The zero-order valence-corrected chi connectivity index (χ0v) is 10.9. The first kappa shape index (κ1) is 12.4. The Morgan fingerprint density at radius 3 is 2.71 bits per heavy atom. The summed E-state index contributed by atoms with van der Waals surface area (Å²) in [6.07, 6.45) is 4.42. The lowest BCUT2D eigenvalue weighted by atomic mass is 10.2. The largest absolute Gasteiger partial charge is 0.335 e. The number of hydrogen-bond donors (Lipinski definition) is 2. The third-order valence-electron chi connectivity index (χ3n) is 2.87. The Hall–Kier alpha value is -1.10. The number of nitrogens with one attached hydrogen (secondary N) is 2. The molecule has 1 aromatic carbocycles. The smallest absolute Gasteiger partial charge is 0.319 e. The van der Waals surface area contributed by atoms with E-state index in [1.54, 1.807) is 0 Å². The number of benzene rings is 1. The van der Waals surface area contributed by atoms with Crippen molar-refractivity contribution >= 4 is 27.6 Å². The lowest BCUT2D eigenvalue weighted by molar-refractivity contribution is 0.248. The monoisotopic (exact) mass is 300 g/mol. The quantitative estimate of drug-likeness (QED) is 0.860. The van der Waals surface area contributed by atoms with Crippen LogP contribution in [0.3, 0.4) is 0 Å². The van der Waals surface area contributed by atoms with Gasteiger partial charge in [0.25, 0.3) is 0 Å². The predicted octanol–water partition coefficient (Wildman–Crippen LogP) is 3.65. The topological polar surface area (TPSA) is 41.1 Å². The van der Waals surface area contributed by atoms with E-state index in [0.717, 1.165) is 12.8 Å². The second-order valence-corrected chi connectivity index (χ2v) is 5.06. The molecule has 2 amide bonds. The molecule has 92 valence electrons. The zero-order chi connectivity index (χ0) is 12.3. The Labute approximate surface area is 108 Å². The van der Waals surface area contributed by atoms with E-state index in [1.807, 2.05) is 0 Å². The van der Waals surface area contributed by atoms with Crippen LogP contribution in [0.5, 0.6) is 0 Å². The molecule has 0 radical (unpaired) electrons. The van der Waals surface area contributed by atoms with Gasteiger partial charge in [0.1, 0.15) is 5.82 Å². The Kier molecular flexibility index (Phi) is 3.99. The SMILES string of the molecule is O=C(Nc1ccc(F)cc1Br)NC1CCCC1. The van der Waals surface area contributed by atoms with E-state index in [9.17, 15) is 9.18 Å². The first-order chi connectivity index (χ1) is 8.15. The molecule has 0 aliphatic heterocycles. The summed E-state index contributed by atoms with van der Waals surface area (Å²) in [6, 6.07) is 4.22. The number of urea groups is 1. The average molecular weight is 301 g/mol. The molecule has 1 aliphatic carbocycles. The number of halogens is 2. The molecule has 2 N–H and O–H groups in total. The number of rotatable bonds is 2. The van der Waals surface area contributed by atoms with Crippen LogP contribution in [0.25, 0.3) is 0 Å². The van der Waals surface area contributed by atoms with Crippen molar-refractivity contribution in [3.63, 3.8) is 0 Å². The predicted molar refractivity (Wildman–Crippen MR) is 68.5 cm³/mol. The summed E-state index contributed by atoms with van der Waals surface area (Å²) >= 11 is 3.21. The molecular weight excluding hydrogens is 287 g/mol. The Morgan fingerprint density at radius 2 is 2.06 bits per heavy atom. The molecule has 0 aromatic heterocycles. The second-order valence-electron chi connectivity index (χ2n) is 4.20. The number of amides is 2. The Morgan fingerprint density at radius 1 is 1.35 bits per heavy atom. The van der Waals surface area contributed by atoms with Gasteiger partial charge in [-0.1, -0.05) is 12.8 Å². The first-order valence-electron chi connectivity index (χ1n) is 5.68. The van der Waals surface area contributed by atoms with Crippen molar-refractivity contribution in [3.8, 4) is 0 Å². The van der Waals surface area contributed by atoms with Crippen LogP contribution in [0.1, 0.15) is 25.7 Å². The summed E-state index contributed by atoms with van der Waals surface area (Å²) in [5.74, 6) is -0.335. The van der Waals surface area contributed by atoms with Gasteiger partial charge in [0.2, 0.25) is 0 Å². The third-order valence-corrected chi connectivity index (χ3v) is 3.53. The van der Waals surface area contributed by atoms with Gasteiger partial charge in [-0.2, -0.15) is 0 Å². The van der Waals surface area contributed by atoms with E-state index in [2.05, 4.69) is 26.6 Å². The van der Waals surface area contributed by atoms with E-state index in [-0.39, 0.29) is 17.9 Å². The molecule has 5 heteroatoms. The van der Waals surface area contributed by atoms with Crippen molar-refractivity contribution in [1.29, 1.82) is 0 Å². The maximum absolute atomic E-state index is 12.9. The standard InChI is InChI=1S/C12H14BrFN2O/c13-10-7-8(14)5-6-11(10)16-12(17)15-9-3-1-2-4-9/h5-7,9H,1-4H2,(H2,15,16,17). The molecule has 0 bridgehead atoms. The maximum atomic E-state index is 12.9. The molecule has 2 rings (SSSR count). The fraction of sp³-hybridized carbons (Fsp3) is 0.417. The third kappa shape index (κ3) is 3.43. The summed E-state index contributed by atoms with van der Waals surface area (Å²) in [6.45, 7) is 0. The molecule has 0 atom stereocenters. The van der Waals surface area contributed by atoms with Crippen LogP contribution in [0.15, 0.2) is 22.7 Å². The van der Waals surface area contributed by atoms with Crippen molar-refractivity contribution in [3.05, 3.63) is 28.5 Å². The van der Waals surface area contributed by atoms with Crippen molar-refractivity contribution in [1.82, 2.24) is 5.32 Å². The van der Waals surface area contributed by atoms with Gasteiger partial charge in [-0.3, -0.25) is 0 Å². The van der Waals surface area contributed by atoms with Crippen LogP contribution < -0.4 is 10.6 Å². The fourth-order valence-electron chi connectivity index (χ4n) is 2.00. The van der Waals surface area contributed by atoms with Crippen molar-refractivity contribution in [2.75, 3.05) is 5.32 Å². The van der Waals surface area contributed by atoms with Crippen LogP contribution in [0.4, 0.5) is 14.9 Å². The molecule has 0 spiro atoms. The molecule has 1 saturated carbocycles. The average Bonchev–Trinajstić information content (AvgIpc) is 2.75. The van der Waals surface area contributed by atoms with Gasteiger partial charge in [0.15, 0.2) is 0 Å². The van der Waals surface area contributed by atoms with Crippen LogP contribution in [-0.4, -0.2) is 12.1 Å². The summed E-state index contributed by atoms with van der Waals surface area (Å²) in [7, 11) is 0. The van der Waals surface area contributed by atoms with E-state index < -0.39 is 0 Å². The molecule has 1 fully saturated rings.